The number of hydrogen-bond acceptors (Lipinski definition) is 3. The quantitative estimate of drug-likeness (QED) is 0.742. The van der Waals surface area contributed by atoms with Gasteiger partial charge in [-0.3, -0.25) is 4.79 Å². The highest BCUT2D eigenvalue weighted by Gasteiger charge is 2.22. The summed E-state index contributed by atoms with van der Waals surface area (Å²) in [5.74, 6) is 0.130. The van der Waals surface area contributed by atoms with Crippen molar-refractivity contribution in [3.05, 3.63) is 29.8 Å². The Bertz CT molecular complexity index is 393. The number of benzene rings is 1. The number of aromatic hydroxyl groups is 1. The third-order valence-electron chi connectivity index (χ3n) is 2.77. The molecule has 0 spiro atoms. The Labute approximate surface area is 108 Å². The number of nitrogens with one attached hydrogen (secondary N) is 1. The fraction of sp³-hybridized carbons (Fsp3) is 0.500. The predicted octanol–water partition coefficient (Wildman–Crippen LogP) is 1.57. The van der Waals surface area contributed by atoms with Crippen LogP contribution < -0.4 is 11.1 Å². The average molecular weight is 250 g/mol. The van der Waals surface area contributed by atoms with Crippen molar-refractivity contribution in [2.24, 2.45) is 5.73 Å². The molecule has 1 aromatic carbocycles. The summed E-state index contributed by atoms with van der Waals surface area (Å²) in [6, 6.07) is 7.19. The fourth-order valence-electron chi connectivity index (χ4n) is 1.53. The van der Waals surface area contributed by atoms with E-state index in [2.05, 4.69) is 5.32 Å². The minimum Gasteiger partial charge on any atom is -0.508 e. The molecule has 1 amide bonds. The van der Waals surface area contributed by atoms with E-state index in [4.69, 9.17) is 5.73 Å². The minimum atomic E-state index is -0.840. The SMILES string of the molecule is CC(CCc1ccc(O)cc1)NC(=O)C(C)(C)N. The van der Waals surface area contributed by atoms with Crippen LogP contribution in [0, 0.1) is 0 Å². The summed E-state index contributed by atoms with van der Waals surface area (Å²) in [7, 11) is 0. The van der Waals surface area contributed by atoms with E-state index < -0.39 is 5.54 Å². The highest BCUT2D eigenvalue weighted by atomic mass is 16.3. The summed E-state index contributed by atoms with van der Waals surface area (Å²) in [6.45, 7) is 5.34. The maximum Gasteiger partial charge on any atom is 0.239 e. The molecule has 0 heterocycles. The molecule has 0 aromatic heterocycles. The Kier molecular flexibility index (Phi) is 4.73. The summed E-state index contributed by atoms with van der Waals surface area (Å²) in [5.41, 5.74) is 6.01. The van der Waals surface area contributed by atoms with E-state index in [0.717, 1.165) is 18.4 Å². The molecule has 18 heavy (non-hydrogen) atoms. The first-order valence-electron chi connectivity index (χ1n) is 6.17. The monoisotopic (exact) mass is 250 g/mol. The van der Waals surface area contributed by atoms with E-state index in [-0.39, 0.29) is 17.7 Å². The van der Waals surface area contributed by atoms with Crippen LogP contribution in [0.2, 0.25) is 0 Å². The zero-order valence-electron chi connectivity index (χ0n) is 11.2. The van der Waals surface area contributed by atoms with Crippen molar-refractivity contribution in [3.63, 3.8) is 0 Å². The van der Waals surface area contributed by atoms with Crippen LogP contribution in [0.5, 0.6) is 5.75 Å². The normalized spacial score (nSPS) is 13.1. The molecule has 0 saturated carbocycles. The molecule has 1 rings (SSSR count). The molecule has 1 unspecified atom stereocenters. The summed E-state index contributed by atoms with van der Waals surface area (Å²) in [5, 5.41) is 12.1. The van der Waals surface area contributed by atoms with Gasteiger partial charge < -0.3 is 16.2 Å². The number of aryl methyl sites for hydroxylation is 1. The second-order valence-corrected chi connectivity index (χ2v) is 5.30. The number of phenols is 1. The number of carbonyl (C=O) groups is 1. The number of phenolic OH excluding ortho intramolecular Hbond substituents is 1. The summed E-state index contributed by atoms with van der Waals surface area (Å²) in [4.78, 5) is 11.7. The average Bonchev–Trinajstić information content (AvgIpc) is 2.27. The lowest BCUT2D eigenvalue weighted by atomic mass is 10.0. The van der Waals surface area contributed by atoms with Crippen LogP contribution in [0.1, 0.15) is 32.8 Å². The van der Waals surface area contributed by atoms with Gasteiger partial charge in [0.1, 0.15) is 5.75 Å². The molecule has 0 saturated heterocycles. The van der Waals surface area contributed by atoms with Gasteiger partial charge in [0.25, 0.3) is 0 Å². The molecule has 100 valence electrons. The van der Waals surface area contributed by atoms with Crippen molar-refractivity contribution < 1.29 is 9.90 Å². The van der Waals surface area contributed by atoms with E-state index in [1.54, 1.807) is 26.0 Å². The highest BCUT2D eigenvalue weighted by Crippen LogP contribution is 2.12. The largest absolute Gasteiger partial charge is 0.508 e. The van der Waals surface area contributed by atoms with Gasteiger partial charge in [0.15, 0.2) is 0 Å². The lowest BCUT2D eigenvalue weighted by Crippen LogP contribution is -2.51. The van der Waals surface area contributed by atoms with Crippen LogP contribution in [0.25, 0.3) is 0 Å². The van der Waals surface area contributed by atoms with Gasteiger partial charge in [-0.2, -0.15) is 0 Å². The summed E-state index contributed by atoms with van der Waals surface area (Å²) < 4.78 is 0. The first-order valence-corrected chi connectivity index (χ1v) is 6.17. The molecule has 0 aliphatic rings. The number of amides is 1. The van der Waals surface area contributed by atoms with E-state index in [1.165, 1.54) is 0 Å². The van der Waals surface area contributed by atoms with Crippen LogP contribution in [0.15, 0.2) is 24.3 Å². The molecule has 4 nitrogen and oxygen atoms in total. The van der Waals surface area contributed by atoms with Crippen LogP contribution in [-0.4, -0.2) is 22.6 Å². The second kappa shape index (κ2) is 5.87. The lowest BCUT2D eigenvalue weighted by Gasteiger charge is -2.21. The van der Waals surface area contributed by atoms with Crippen molar-refractivity contribution in [2.45, 2.75) is 45.2 Å². The van der Waals surface area contributed by atoms with Gasteiger partial charge in [-0.15, -0.1) is 0 Å². The van der Waals surface area contributed by atoms with Gasteiger partial charge in [0, 0.05) is 6.04 Å². The van der Waals surface area contributed by atoms with E-state index in [9.17, 15) is 9.90 Å². The number of hydrogen-bond donors (Lipinski definition) is 3. The molecule has 1 atom stereocenters. The number of nitrogens with two attached hydrogens (primary N) is 1. The Morgan fingerprint density at radius 2 is 1.94 bits per heavy atom. The molecular weight excluding hydrogens is 228 g/mol. The molecular formula is C14H22N2O2. The first-order chi connectivity index (χ1) is 8.29. The van der Waals surface area contributed by atoms with Crippen LogP contribution in [-0.2, 0) is 11.2 Å². The first kappa shape index (κ1) is 14.5. The van der Waals surface area contributed by atoms with Crippen molar-refractivity contribution in [2.75, 3.05) is 0 Å². The number of carbonyl (C=O) groups excluding carboxylic acids is 1. The second-order valence-electron chi connectivity index (χ2n) is 5.30. The van der Waals surface area contributed by atoms with Crippen LogP contribution >= 0.6 is 0 Å². The zero-order valence-corrected chi connectivity index (χ0v) is 11.2. The number of rotatable bonds is 5. The minimum absolute atomic E-state index is 0.0779. The lowest BCUT2D eigenvalue weighted by molar-refractivity contribution is -0.125. The molecule has 1 aromatic rings. The fourth-order valence-corrected chi connectivity index (χ4v) is 1.53. The Morgan fingerprint density at radius 3 is 2.44 bits per heavy atom. The highest BCUT2D eigenvalue weighted by molar-refractivity contribution is 5.85. The van der Waals surface area contributed by atoms with Crippen LogP contribution in [0.3, 0.4) is 0 Å². The van der Waals surface area contributed by atoms with Crippen molar-refractivity contribution in [3.8, 4) is 5.75 Å². The molecule has 4 heteroatoms. The smallest absolute Gasteiger partial charge is 0.239 e. The molecule has 0 aliphatic heterocycles. The Balaban J connectivity index is 2.40. The molecule has 0 fully saturated rings. The standard InChI is InChI=1S/C14H22N2O2/c1-10(16-13(18)14(2,3)15)4-5-11-6-8-12(17)9-7-11/h6-10,17H,4-5,15H2,1-3H3,(H,16,18). The molecule has 0 radical (unpaired) electrons. The van der Waals surface area contributed by atoms with Crippen molar-refractivity contribution >= 4 is 5.91 Å². The Hall–Kier alpha value is -1.55. The third-order valence-corrected chi connectivity index (χ3v) is 2.77. The summed E-state index contributed by atoms with van der Waals surface area (Å²) >= 11 is 0. The van der Waals surface area contributed by atoms with Crippen LogP contribution in [0.4, 0.5) is 0 Å². The van der Waals surface area contributed by atoms with Crippen molar-refractivity contribution in [1.29, 1.82) is 0 Å². The van der Waals surface area contributed by atoms with Gasteiger partial charge in [-0.1, -0.05) is 12.1 Å². The maximum absolute atomic E-state index is 11.7. The van der Waals surface area contributed by atoms with Crippen molar-refractivity contribution in [1.82, 2.24) is 5.32 Å². The van der Waals surface area contributed by atoms with Gasteiger partial charge in [0.2, 0.25) is 5.91 Å². The van der Waals surface area contributed by atoms with E-state index in [0.29, 0.717) is 0 Å². The third kappa shape index (κ3) is 4.75. The zero-order chi connectivity index (χ0) is 13.8. The molecule has 4 N–H and O–H groups in total. The van der Waals surface area contributed by atoms with Gasteiger partial charge in [-0.05, 0) is 51.3 Å². The maximum atomic E-state index is 11.7. The topological polar surface area (TPSA) is 75.3 Å². The predicted molar refractivity (Wildman–Crippen MR) is 72.3 cm³/mol. The van der Waals surface area contributed by atoms with Gasteiger partial charge in [-0.25, -0.2) is 0 Å². The van der Waals surface area contributed by atoms with Gasteiger partial charge >= 0.3 is 0 Å². The van der Waals surface area contributed by atoms with E-state index in [1.807, 2.05) is 19.1 Å². The molecule has 0 aliphatic carbocycles. The van der Waals surface area contributed by atoms with Gasteiger partial charge in [0.05, 0.1) is 5.54 Å². The van der Waals surface area contributed by atoms with E-state index >= 15 is 0 Å². The Morgan fingerprint density at radius 1 is 1.39 bits per heavy atom. The summed E-state index contributed by atoms with van der Waals surface area (Å²) in [6.07, 6.45) is 1.69. The molecule has 0 bridgehead atoms.